The maximum atomic E-state index is 11.1. The highest BCUT2D eigenvalue weighted by Crippen LogP contribution is 2.16. The second-order valence-corrected chi connectivity index (χ2v) is 3.75. The van der Waals surface area contributed by atoms with Crippen LogP contribution in [0.2, 0.25) is 0 Å². The predicted octanol–water partition coefficient (Wildman–Crippen LogP) is 1.21. The van der Waals surface area contributed by atoms with Gasteiger partial charge in [-0.25, -0.2) is 4.79 Å². The van der Waals surface area contributed by atoms with E-state index in [0.717, 1.165) is 5.69 Å². The van der Waals surface area contributed by atoms with Crippen LogP contribution in [0.3, 0.4) is 0 Å². The Morgan fingerprint density at radius 2 is 2.17 bits per heavy atom. The molecule has 0 atom stereocenters. The third kappa shape index (κ3) is 2.60. The van der Waals surface area contributed by atoms with E-state index < -0.39 is 5.97 Å². The van der Waals surface area contributed by atoms with E-state index in [4.69, 9.17) is 5.11 Å². The second-order valence-electron chi connectivity index (χ2n) is 3.75. The Morgan fingerprint density at radius 3 is 2.83 bits per heavy atom. The number of rotatable bonds is 4. The highest BCUT2D eigenvalue weighted by molar-refractivity contribution is 5.92. The minimum atomic E-state index is -1.02. The maximum absolute atomic E-state index is 11.1. The lowest BCUT2D eigenvalue weighted by atomic mass is 10.2. The summed E-state index contributed by atoms with van der Waals surface area (Å²) in [5.74, 6) is -0.691. The van der Waals surface area contributed by atoms with Crippen LogP contribution < -0.4 is 4.90 Å². The minimum Gasteiger partial charge on any atom is -0.478 e. The van der Waals surface area contributed by atoms with Crippen LogP contribution in [0.25, 0.3) is 0 Å². The Bertz CT molecular complexity index is 545. The Kier molecular flexibility index (Phi) is 3.47. The van der Waals surface area contributed by atoms with Gasteiger partial charge in [0.1, 0.15) is 5.56 Å². The van der Waals surface area contributed by atoms with Gasteiger partial charge in [-0.2, -0.15) is 5.10 Å². The molecule has 0 bridgehead atoms. The molecule has 0 aromatic carbocycles. The van der Waals surface area contributed by atoms with Crippen LogP contribution in [-0.2, 0) is 6.54 Å². The molecule has 2 heterocycles. The fourth-order valence-corrected chi connectivity index (χ4v) is 1.58. The first-order valence-corrected chi connectivity index (χ1v) is 5.34. The van der Waals surface area contributed by atoms with Crippen molar-refractivity contribution in [2.24, 2.45) is 0 Å². The molecule has 0 amide bonds. The molecular formula is C12H12N4O2. The zero-order chi connectivity index (χ0) is 13.0. The smallest absolute Gasteiger partial charge is 0.339 e. The van der Waals surface area contributed by atoms with Crippen molar-refractivity contribution >= 4 is 11.8 Å². The second kappa shape index (κ2) is 5.22. The molecule has 0 radical (unpaired) electrons. The molecule has 0 fully saturated rings. The third-order valence-electron chi connectivity index (χ3n) is 2.42. The van der Waals surface area contributed by atoms with Crippen LogP contribution in [0.15, 0.2) is 36.7 Å². The number of hydrogen-bond donors (Lipinski definition) is 1. The van der Waals surface area contributed by atoms with E-state index in [1.807, 2.05) is 18.2 Å². The van der Waals surface area contributed by atoms with Gasteiger partial charge in [0.2, 0.25) is 0 Å². The van der Waals surface area contributed by atoms with Gasteiger partial charge in [0.05, 0.1) is 18.4 Å². The summed E-state index contributed by atoms with van der Waals surface area (Å²) in [5.41, 5.74) is 0.963. The summed E-state index contributed by atoms with van der Waals surface area (Å²) in [7, 11) is 1.76. The van der Waals surface area contributed by atoms with Crippen LogP contribution >= 0.6 is 0 Å². The van der Waals surface area contributed by atoms with E-state index >= 15 is 0 Å². The van der Waals surface area contributed by atoms with Crippen molar-refractivity contribution in [3.8, 4) is 0 Å². The van der Waals surface area contributed by atoms with Gasteiger partial charge >= 0.3 is 5.97 Å². The van der Waals surface area contributed by atoms with Crippen LogP contribution in [0.4, 0.5) is 5.82 Å². The average molecular weight is 244 g/mol. The summed E-state index contributed by atoms with van der Waals surface area (Å²) in [6, 6.07) is 7.01. The van der Waals surface area contributed by atoms with E-state index in [-0.39, 0.29) is 5.56 Å². The summed E-state index contributed by atoms with van der Waals surface area (Å²) >= 11 is 0. The van der Waals surface area contributed by atoms with Gasteiger partial charge in [-0.3, -0.25) is 4.98 Å². The lowest BCUT2D eigenvalue weighted by molar-refractivity contribution is 0.0697. The van der Waals surface area contributed by atoms with Crippen molar-refractivity contribution in [2.45, 2.75) is 6.54 Å². The van der Waals surface area contributed by atoms with Crippen LogP contribution in [-0.4, -0.2) is 33.3 Å². The number of anilines is 1. The molecule has 0 unspecified atom stereocenters. The molecule has 0 aliphatic heterocycles. The molecule has 2 aromatic heterocycles. The number of pyridine rings is 1. The number of nitrogens with zero attached hydrogens (tertiary/aromatic N) is 4. The van der Waals surface area contributed by atoms with Gasteiger partial charge in [0, 0.05) is 13.2 Å². The SMILES string of the molecule is CN(Cc1ccccn1)c1nnccc1C(=O)O. The monoisotopic (exact) mass is 244 g/mol. The molecule has 2 aromatic rings. The molecule has 0 saturated carbocycles. The molecule has 18 heavy (non-hydrogen) atoms. The lowest BCUT2D eigenvalue weighted by Crippen LogP contribution is -2.21. The first-order chi connectivity index (χ1) is 8.68. The number of carbonyl (C=O) groups is 1. The maximum Gasteiger partial charge on any atom is 0.339 e. The van der Waals surface area contributed by atoms with Crippen molar-refractivity contribution in [1.82, 2.24) is 15.2 Å². The highest BCUT2D eigenvalue weighted by atomic mass is 16.4. The van der Waals surface area contributed by atoms with Crippen LogP contribution in [0.1, 0.15) is 16.1 Å². The zero-order valence-corrected chi connectivity index (χ0v) is 9.82. The fourth-order valence-electron chi connectivity index (χ4n) is 1.58. The minimum absolute atomic E-state index is 0.128. The van der Waals surface area contributed by atoms with Gasteiger partial charge in [0.25, 0.3) is 0 Å². The van der Waals surface area contributed by atoms with E-state index in [1.54, 1.807) is 18.1 Å². The van der Waals surface area contributed by atoms with Crippen molar-refractivity contribution in [3.63, 3.8) is 0 Å². The molecule has 6 nitrogen and oxygen atoms in total. The van der Waals surface area contributed by atoms with Crippen LogP contribution in [0.5, 0.6) is 0 Å². The summed E-state index contributed by atoms with van der Waals surface area (Å²) in [6.45, 7) is 0.472. The first-order valence-electron chi connectivity index (χ1n) is 5.34. The summed E-state index contributed by atoms with van der Waals surface area (Å²) in [5, 5.41) is 16.6. The van der Waals surface area contributed by atoms with Gasteiger partial charge in [0.15, 0.2) is 5.82 Å². The fraction of sp³-hybridized carbons (Fsp3) is 0.167. The third-order valence-corrected chi connectivity index (χ3v) is 2.42. The zero-order valence-electron chi connectivity index (χ0n) is 9.82. The molecular weight excluding hydrogens is 232 g/mol. The molecule has 0 spiro atoms. The van der Waals surface area contributed by atoms with Crippen LogP contribution in [0, 0.1) is 0 Å². The van der Waals surface area contributed by atoms with E-state index in [2.05, 4.69) is 15.2 Å². The predicted molar refractivity (Wildman–Crippen MR) is 65.3 cm³/mol. The van der Waals surface area contributed by atoms with E-state index in [9.17, 15) is 4.79 Å². The van der Waals surface area contributed by atoms with E-state index in [0.29, 0.717) is 12.4 Å². The molecule has 0 aliphatic carbocycles. The molecule has 92 valence electrons. The number of carboxylic acid groups (broad SMARTS) is 1. The summed E-state index contributed by atoms with van der Waals surface area (Å²) in [4.78, 5) is 17.0. The number of aromatic nitrogens is 3. The quantitative estimate of drug-likeness (QED) is 0.870. The van der Waals surface area contributed by atoms with Crippen molar-refractivity contribution in [2.75, 3.05) is 11.9 Å². The Morgan fingerprint density at radius 1 is 1.33 bits per heavy atom. The Balaban J connectivity index is 2.24. The molecule has 0 saturated heterocycles. The molecule has 6 heteroatoms. The normalized spacial score (nSPS) is 10.1. The van der Waals surface area contributed by atoms with Crippen molar-refractivity contribution < 1.29 is 9.90 Å². The van der Waals surface area contributed by atoms with Gasteiger partial charge in [-0.1, -0.05) is 6.07 Å². The van der Waals surface area contributed by atoms with Gasteiger partial charge < -0.3 is 10.0 Å². The van der Waals surface area contributed by atoms with Gasteiger partial charge in [-0.15, -0.1) is 5.10 Å². The van der Waals surface area contributed by atoms with Crippen molar-refractivity contribution in [3.05, 3.63) is 47.9 Å². The topological polar surface area (TPSA) is 79.2 Å². The first kappa shape index (κ1) is 12.0. The summed E-state index contributed by atoms with van der Waals surface area (Å²) < 4.78 is 0. The van der Waals surface area contributed by atoms with Crippen molar-refractivity contribution in [1.29, 1.82) is 0 Å². The summed E-state index contributed by atoms with van der Waals surface area (Å²) in [6.07, 6.45) is 3.06. The lowest BCUT2D eigenvalue weighted by Gasteiger charge is -2.18. The largest absolute Gasteiger partial charge is 0.478 e. The Labute approximate surface area is 104 Å². The van der Waals surface area contributed by atoms with Gasteiger partial charge in [-0.05, 0) is 18.2 Å². The molecule has 1 N–H and O–H groups in total. The standard InChI is InChI=1S/C12H12N4O2/c1-16(8-9-4-2-3-6-13-9)11-10(12(17)18)5-7-14-15-11/h2-7H,8H2,1H3,(H,17,18). The highest BCUT2D eigenvalue weighted by Gasteiger charge is 2.15. The number of carboxylic acids is 1. The number of aromatic carboxylic acids is 1. The molecule has 2 rings (SSSR count). The van der Waals surface area contributed by atoms with E-state index in [1.165, 1.54) is 12.3 Å². The number of hydrogen-bond acceptors (Lipinski definition) is 5. The average Bonchev–Trinajstić information content (AvgIpc) is 2.40. The Hall–Kier alpha value is -2.50. The molecule has 0 aliphatic rings.